The summed E-state index contributed by atoms with van der Waals surface area (Å²) in [5.74, 6) is -0.527. The van der Waals surface area contributed by atoms with Crippen molar-refractivity contribution < 1.29 is 9.59 Å². The van der Waals surface area contributed by atoms with E-state index in [9.17, 15) is 9.59 Å². The van der Waals surface area contributed by atoms with Gasteiger partial charge >= 0.3 is 0 Å². The van der Waals surface area contributed by atoms with E-state index >= 15 is 0 Å². The van der Waals surface area contributed by atoms with E-state index in [0.717, 1.165) is 4.90 Å². The Balaban J connectivity index is 1.65. The number of aromatic nitrogens is 1. The maximum atomic E-state index is 13.1. The zero-order chi connectivity index (χ0) is 18.8. The molecule has 2 amide bonds. The molecule has 1 aliphatic heterocycles. The van der Waals surface area contributed by atoms with Crippen molar-refractivity contribution in [1.82, 2.24) is 4.98 Å². The number of hydrogen-bond donors (Lipinski definition) is 1. The van der Waals surface area contributed by atoms with Gasteiger partial charge in [-0.05, 0) is 48.5 Å². The Morgan fingerprint density at radius 3 is 2.67 bits per heavy atom. The first-order chi connectivity index (χ1) is 13.1. The summed E-state index contributed by atoms with van der Waals surface area (Å²) in [6.45, 7) is -0.116. The molecule has 2 aromatic carbocycles. The zero-order valence-electron chi connectivity index (χ0n) is 14.1. The summed E-state index contributed by atoms with van der Waals surface area (Å²) in [5.41, 5.74) is 1.79. The largest absolute Gasteiger partial charge is 0.325 e. The molecule has 27 heavy (non-hydrogen) atoms. The molecule has 0 saturated heterocycles. The van der Waals surface area contributed by atoms with Crippen molar-refractivity contribution >= 4 is 46.6 Å². The summed E-state index contributed by atoms with van der Waals surface area (Å²) in [6, 6.07) is 17.7. The molecule has 0 unspecified atom stereocenters. The molecule has 1 N–H and O–H groups in total. The Kier molecular flexibility index (Phi) is 4.83. The van der Waals surface area contributed by atoms with Crippen LogP contribution in [0.1, 0.15) is 10.4 Å². The summed E-state index contributed by atoms with van der Waals surface area (Å²) < 4.78 is 0. The zero-order valence-corrected chi connectivity index (χ0v) is 15.6. The fraction of sp³-hybridized carbons (Fsp3) is 0.0500. The molecule has 0 radical (unpaired) electrons. The lowest BCUT2D eigenvalue weighted by Gasteiger charge is -2.22. The van der Waals surface area contributed by atoms with Gasteiger partial charge in [-0.2, -0.15) is 0 Å². The van der Waals surface area contributed by atoms with Gasteiger partial charge in [-0.1, -0.05) is 35.5 Å². The molecule has 5 nitrogen and oxygen atoms in total. The first-order valence-corrected chi connectivity index (χ1v) is 9.40. The number of benzene rings is 2. The quantitative estimate of drug-likeness (QED) is 0.710. The molecular formula is C20H14ClN3O2S. The van der Waals surface area contributed by atoms with Gasteiger partial charge in [-0.25, -0.2) is 4.98 Å². The van der Waals surface area contributed by atoms with E-state index in [0.29, 0.717) is 27.0 Å². The fourth-order valence-electron chi connectivity index (χ4n) is 2.79. The van der Waals surface area contributed by atoms with Crippen LogP contribution < -0.4 is 10.2 Å². The summed E-state index contributed by atoms with van der Waals surface area (Å²) in [4.78, 5) is 32.4. The van der Waals surface area contributed by atoms with Gasteiger partial charge in [-0.3, -0.25) is 14.5 Å². The highest BCUT2D eigenvalue weighted by Gasteiger charge is 2.29. The molecule has 0 fully saturated rings. The van der Waals surface area contributed by atoms with Crippen LogP contribution in [-0.2, 0) is 4.79 Å². The second kappa shape index (κ2) is 7.42. The topological polar surface area (TPSA) is 62.3 Å². The molecule has 0 atom stereocenters. The van der Waals surface area contributed by atoms with Gasteiger partial charge in [0, 0.05) is 21.8 Å². The fourth-order valence-corrected chi connectivity index (χ4v) is 3.93. The van der Waals surface area contributed by atoms with Crippen LogP contribution in [0.15, 0.2) is 76.8 Å². The first-order valence-electron chi connectivity index (χ1n) is 8.21. The number of carbonyl (C=O) groups excluding carboxylic acids is 2. The Bertz CT molecular complexity index is 1020. The predicted octanol–water partition coefficient (Wildman–Crippen LogP) is 4.49. The van der Waals surface area contributed by atoms with Gasteiger partial charge in [-0.15, -0.1) is 0 Å². The number of halogens is 1. The molecular weight excluding hydrogens is 382 g/mol. The van der Waals surface area contributed by atoms with Gasteiger partial charge in [0.1, 0.15) is 11.6 Å². The van der Waals surface area contributed by atoms with Gasteiger partial charge in [0.05, 0.1) is 11.3 Å². The number of fused-ring (bicyclic) bond motifs is 2. The smallest absolute Gasteiger partial charge is 0.259 e. The number of hydrogen-bond acceptors (Lipinski definition) is 4. The minimum Gasteiger partial charge on any atom is -0.325 e. The number of pyridine rings is 1. The van der Waals surface area contributed by atoms with Crippen LogP contribution in [0.5, 0.6) is 0 Å². The molecule has 7 heteroatoms. The van der Waals surface area contributed by atoms with E-state index in [1.807, 2.05) is 18.2 Å². The summed E-state index contributed by atoms with van der Waals surface area (Å²) >= 11 is 7.29. The van der Waals surface area contributed by atoms with E-state index in [4.69, 9.17) is 11.6 Å². The highest BCUT2D eigenvalue weighted by Crippen LogP contribution is 2.39. The van der Waals surface area contributed by atoms with Crippen molar-refractivity contribution in [2.24, 2.45) is 0 Å². The number of amides is 2. The third kappa shape index (κ3) is 3.67. The molecule has 0 saturated carbocycles. The minimum absolute atomic E-state index is 0.116. The number of carbonyl (C=O) groups is 2. The van der Waals surface area contributed by atoms with Gasteiger partial charge in [0.25, 0.3) is 5.91 Å². The van der Waals surface area contributed by atoms with Gasteiger partial charge < -0.3 is 5.32 Å². The average Bonchev–Trinajstić information content (AvgIpc) is 2.79. The van der Waals surface area contributed by atoms with Crippen LogP contribution in [0.4, 0.5) is 11.4 Å². The molecule has 2 heterocycles. The van der Waals surface area contributed by atoms with Crippen LogP contribution in [0.2, 0.25) is 5.02 Å². The van der Waals surface area contributed by atoms with Crippen molar-refractivity contribution in [3.63, 3.8) is 0 Å². The molecule has 0 aliphatic carbocycles. The molecule has 0 spiro atoms. The van der Waals surface area contributed by atoms with Gasteiger partial charge in [0.2, 0.25) is 5.91 Å². The van der Waals surface area contributed by atoms with Crippen molar-refractivity contribution in [3.05, 3.63) is 77.4 Å². The van der Waals surface area contributed by atoms with Crippen LogP contribution >= 0.6 is 23.4 Å². The van der Waals surface area contributed by atoms with Crippen LogP contribution in [0, 0.1) is 0 Å². The third-order valence-electron chi connectivity index (χ3n) is 4.04. The molecule has 3 aromatic rings. The number of rotatable bonds is 3. The summed E-state index contributed by atoms with van der Waals surface area (Å²) in [5, 5.41) is 4.07. The monoisotopic (exact) mass is 395 g/mol. The van der Waals surface area contributed by atoms with Crippen molar-refractivity contribution in [1.29, 1.82) is 0 Å². The van der Waals surface area contributed by atoms with Crippen LogP contribution in [-0.4, -0.2) is 23.3 Å². The van der Waals surface area contributed by atoms with Crippen molar-refractivity contribution in [2.45, 2.75) is 9.92 Å². The van der Waals surface area contributed by atoms with E-state index in [1.165, 1.54) is 16.7 Å². The van der Waals surface area contributed by atoms with Crippen LogP contribution in [0.25, 0.3) is 0 Å². The van der Waals surface area contributed by atoms with Crippen molar-refractivity contribution in [2.75, 3.05) is 16.8 Å². The lowest BCUT2D eigenvalue weighted by atomic mass is 10.2. The van der Waals surface area contributed by atoms with Gasteiger partial charge in [0.15, 0.2) is 0 Å². The second-order valence-corrected chi connectivity index (χ2v) is 7.34. The highest BCUT2D eigenvalue weighted by molar-refractivity contribution is 7.99. The Labute approximate surface area is 165 Å². The third-order valence-corrected chi connectivity index (χ3v) is 5.38. The van der Waals surface area contributed by atoms with E-state index < -0.39 is 0 Å². The molecule has 134 valence electrons. The lowest BCUT2D eigenvalue weighted by molar-refractivity contribution is -0.114. The van der Waals surface area contributed by atoms with E-state index in [-0.39, 0.29) is 18.4 Å². The van der Waals surface area contributed by atoms with E-state index in [1.54, 1.807) is 48.7 Å². The molecule has 1 aromatic heterocycles. The number of anilines is 2. The van der Waals surface area contributed by atoms with Crippen molar-refractivity contribution in [3.8, 4) is 0 Å². The molecule has 0 bridgehead atoms. The second-order valence-electron chi connectivity index (χ2n) is 5.87. The summed E-state index contributed by atoms with van der Waals surface area (Å²) in [7, 11) is 0. The Morgan fingerprint density at radius 1 is 1.07 bits per heavy atom. The average molecular weight is 396 g/mol. The summed E-state index contributed by atoms with van der Waals surface area (Å²) in [6.07, 6.45) is 1.68. The Morgan fingerprint density at radius 2 is 1.85 bits per heavy atom. The normalized spacial score (nSPS) is 12.8. The minimum atomic E-state index is -0.301. The predicted molar refractivity (Wildman–Crippen MR) is 107 cm³/mol. The Hall–Kier alpha value is -2.83. The number of nitrogens with one attached hydrogen (secondary N) is 1. The standard InChI is InChI=1S/C20H14ClN3O2S/c21-13-7-9-14(10-8-13)23-18(25)12-24-16-5-3-11-22-19(16)27-17-6-2-1-4-15(17)20(24)26/h1-11H,12H2,(H,23,25). The van der Waals surface area contributed by atoms with Crippen LogP contribution in [0.3, 0.4) is 0 Å². The number of nitrogens with zero attached hydrogens (tertiary/aromatic N) is 2. The molecule has 4 rings (SSSR count). The maximum Gasteiger partial charge on any atom is 0.259 e. The van der Waals surface area contributed by atoms with E-state index in [2.05, 4.69) is 10.3 Å². The molecule has 1 aliphatic rings. The highest BCUT2D eigenvalue weighted by atomic mass is 35.5. The maximum absolute atomic E-state index is 13.1. The SMILES string of the molecule is O=C(CN1C(=O)c2ccccc2Sc2ncccc21)Nc1ccc(Cl)cc1. The first kappa shape index (κ1) is 17.6. The lowest BCUT2D eigenvalue weighted by Crippen LogP contribution is -2.38.